The number of anilines is 1. The van der Waals surface area contributed by atoms with Crippen LogP contribution in [0.25, 0.3) is 0 Å². The van der Waals surface area contributed by atoms with E-state index in [1.165, 1.54) is 0 Å². The molecule has 0 saturated heterocycles. The predicted octanol–water partition coefficient (Wildman–Crippen LogP) is 4.81. The Kier molecular flexibility index (Phi) is 6.87. The molecule has 0 fully saturated rings. The molecule has 1 N–H and O–H groups in total. The van der Waals surface area contributed by atoms with Crippen molar-refractivity contribution in [2.75, 3.05) is 12.4 Å². The Morgan fingerprint density at radius 3 is 2.38 bits per heavy atom. The number of hydrogen-bond donors (Lipinski definition) is 1. The van der Waals surface area contributed by atoms with Gasteiger partial charge in [-0.15, -0.1) is 0 Å². The van der Waals surface area contributed by atoms with Gasteiger partial charge in [-0.25, -0.2) is 0 Å². The third kappa shape index (κ3) is 5.83. The second kappa shape index (κ2) is 9.75. The first-order chi connectivity index (χ1) is 14.0. The number of nitrogens with one attached hydrogen (secondary N) is 1. The van der Waals surface area contributed by atoms with Crippen molar-refractivity contribution in [2.24, 2.45) is 0 Å². The van der Waals surface area contributed by atoms with Crippen molar-refractivity contribution in [1.29, 1.82) is 0 Å². The molecule has 1 atom stereocenters. The highest BCUT2D eigenvalue weighted by Gasteiger charge is 2.25. The standard InChI is InChI=1S/C23H20ClNO4/c1-28-20-9-5-8-19(15-20)25-23(27)22(17-6-3-2-4-7-17)29-21(26)14-16-10-12-18(24)13-11-16/h2-13,15,22H,14H2,1H3,(H,25,27)/t22-/m1/s1. The zero-order valence-electron chi connectivity index (χ0n) is 15.8. The highest BCUT2D eigenvalue weighted by molar-refractivity contribution is 6.30. The van der Waals surface area contributed by atoms with Crippen LogP contribution < -0.4 is 10.1 Å². The molecule has 0 aromatic heterocycles. The molecule has 3 aromatic rings. The summed E-state index contributed by atoms with van der Waals surface area (Å²) in [5.41, 5.74) is 1.88. The van der Waals surface area contributed by atoms with Crippen LogP contribution in [-0.4, -0.2) is 19.0 Å². The third-order valence-electron chi connectivity index (χ3n) is 4.19. The Morgan fingerprint density at radius 2 is 1.69 bits per heavy atom. The van der Waals surface area contributed by atoms with E-state index in [4.69, 9.17) is 21.1 Å². The van der Waals surface area contributed by atoms with Crippen molar-refractivity contribution in [1.82, 2.24) is 0 Å². The zero-order valence-corrected chi connectivity index (χ0v) is 16.6. The third-order valence-corrected chi connectivity index (χ3v) is 4.44. The minimum absolute atomic E-state index is 0.0347. The molecule has 148 valence electrons. The summed E-state index contributed by atoms with van der Waals surface area (Å²) in [4.78, 5) is 25.4. The quantitative estimate of drug-likeness (QED) is 0.568. The lowest BCUT2D eigenvalue weighted by Crippen LogP contribution is -2.26. The molecule has 0 unspecified atom stereocenters. The summed E-state index contributed by atoms with van der Waals surface area (Å²) >= 11 is 5.87. The van der Waals surface area contributed by atoms with Gasteiger partial charge in [-0.3, -0.25) is 9.59 Å². The summed E-state index contributed by atoms with van der Waals surface area (Å²) in [6, 6.07) is 22.7. The van der Waals surface area contributed by atoms with Crippen molar-refractivity contribution in [3.63, 3.8) is 0 Å². The summed E-state index contributed by atoms with van der Waals surface area (Å²) < 4.78 is 10.7. The molecule has 29 heavy (non-hydrogen) atoms. The molecule has 0 aliphatic rings. The SMILES string of the molecule is COc1cccc(NC(=O)[C@H](OC(=O)Cc2ccc(Cl)cc2)c2ccccc2)c1. The van der Waals surface area contributed by atoms with Gasteiger partial charge in [-0.05, 0) is 29.8 Å². The van der Waals surface area contributed by atoms with Crippen LogP contribution in [-0.2, 0) is 20.7 Å². The molecule has 0 aliphatic heterocycles. The second-order valence-electron chi connectivity index (χ2n) is 6.31. The maximum Gasteiger partial charge on any atom is 0.311 e. The van der Waals surface area contributed by atoms with Gasteiger partial charge in [0.2, 0.25) is 6.10 Å². The van der Waals surface area contributed by atoms with E-state index in [-0.39, 0.29) is 6.42 Å². The van der Waals surface area contributed by atoms with Crippen molar-refractivity contribution < 1.29 is 19.1 Å². The summed E-state index contributed by atoms with van der Waals surface area (Å²) in [5.74, 6) is -0.352. The smallest absolute Gasteiger partial charge is 0.311 e. The van der Waals surface area contributed by atoms with E-state index >= 15 is 0 Å². The van der Waals surface area contributed by atoms with E-state index in [0.717, 1.165) is 5.56 Å². The van der Waals surface area contributed by atoms with Crippen LogP contribution in [0.15, 0.2) is 78.9 Å². The molecule has 0 radical (unpaired) electrons. The van der Waals surface area contributed by atoms with Crippen LogP contribution in [0.1, 0.15) is 17.2 Å². The van der Waals surface area contributed by atoms with E-state index in [1.54, 1.807) is 79.9 Å². The number of halogens is 1. The van der Waals surface area contributed by atoms with Gasteiger partial charge in [0.15, 0.2) is 0 Å². The van der Waals surface area contributed by atoms with Gasteiger partial charge in [-0.1, -0.05) is 60.1 Å². The molecule has 0 heterocycles. The zero-order chi connectivity index (χ0) is 20.6. The fourth-order valence-electron chi connectivity index (χ4n) is 2.75. The first-order valence-electron chi connectivity index (χ1n) is 8.99. The predicted molar refractivity (Wildman–Crippen MR) is 112 cm³/mol. The van der Waals surface area contributed by atoms with Crippen molar-refractivity contribution >= 4 is 29.2 Å². The van der Waals surface area contributed by atoms with Crippen LogP contribution in [0.5, 0.6) is 5.75 Å². The topological polar surface area (TPSA) is 64.6 Å². The Hall–Kier alpha value is -3.31. The number of amides is 1. The molecular weight excluding hydrogens is 390 g/mol. The highest BCUT2D eigenvalue weighted by atomic mass is 35.5. The molecule has 0 bridgehead atoms. The molecule has 0 spiro atoms. The van der Waals surface area contributed by atoms with Crippen LogP contribution in [0.3, 0.4) is 0 Å². The minimum atomic E-state index is -1.08. The molecular formula is C23H20ClNO4. The Labute approximate surface area is 174 Å². The number of ether oxygens (including phenoxy) is 2. The Bertz CT molecular complexity index is 974. The number of esters is 1. The van der Waals surface area contributed by atoms with Crippen LogP contribution in [0.2, 0.25) is 5.02 Å². The number of methoxy groups -OCH3 is 1. The van der Waals surface area contributed by atoms with Gasteiger partial charge in [0.1, 0.15) is 5.75 Å². The number of benzene rings is 3. The molecule has 3 rings (SSSR count). The normalized spacial score (nSPS) is 11.4. The van der Waals surface area contributed by atoms with Gasteiger partial charge in [0.25, 0.3) is 5.91 Å². The highest BCUT2D eigenvalue weighted by Crippen LogP contribution is 2.23. The largest absolute Gasteiger partial charge is 0.497 e. The van der Waals surface area contributed by atoms with Crippen molar-refractivity contribution in [3.05, 3.63) is 95.0 Å². The molecule has 0 saturated carbocycles. The summed E-state index contributed by atoms with van der Waals surface area (Å²) in [6.45, 7) is 0. The molecule has 3 aromatic carbocycles. The Balaban J connectivity index is 1.76. The van der Waals surface area contributed by atoms with Gasteiger partial charge < -0.3 is 14.8 Å². The monoisotopic (exact) mass is 409 g/mol. The lowest BCUT2D eigenvalue weighted by molar-refractivity contribution is -0.154. The van der Waals surface area contributed by atoms with E-state index < -0.39 is 18.0 Å². The first-order valence-corrected chi connectivity index (χ1v) is 9.37. The van der Waals surface area contributed by atoms with Crippen LogP contribution >= 0.6 is 11.6 Å². The average molecular weight is 410 g/mol. The minimum Gasteiger partial charge on any atom is -0.497 e. The van der Waals surface area contributed by atoms with E-state index in [9.17, 15) is 9.59 Å². The number of carbonyl (C=O) groups excluding carboxylic acids is 2. The Morgan fingerprint density at radius 1 is 0.966 bits per heavy atom. The van der Waals surface area contributed by atoms with Crippen LogP contribution in [0, 0.1) is 0 Å². The fraction of sp³-hybridized carbons (Fsp3) is 0.130. The average Bonchev–Trinajstić information content (AvgIpc) is 2.74. The lowest BCUT2D eigenvalue weighted by Gasteiger charge is -2.18. The van der Waals surface area contributed by atoms with Crippen molar-refractivity contribution in [2.45, 2.75) is 12.5 Å². The van der Waals surface area contributed by atoms with E-state index in [1.807, 2.05) is 6.07 Å². The van der Waals surface area contributed by atoms with Gasteiger partial charge in [-0.2, -0.15) is 0 Å². The molecule has 1 amide bonds. The first kappa shape index (κ1) is 20.4. The molecule has 5 nitrogen and oxygen atoms in total. The fourth-order valence-corrected chi connectivity index (χ4v) is 2.88. The van der Waals surface area contributed by atoms with Gasteiger partial charge in [0.05, 0.1) is 13.5 Å². The summed E-state index contributed by atoms with van der Waals surface area (Å²) in [5, 5.41) is 3.36. The number of rotatable bonds is 7. The second-order valence-corrected chi connectivity index (χ2v) is 6.74. The maximum absolute atomic E-state index is 12.9. The molecule has 0 aliphatic carbocycles. The summed E-state index contributed by atoms with van der Waals surface area (Å²) in [6.07, 6.45) is -1.05. The van der Waals surface area contributed by atoms with E-state index in [0.29, 0.717) is 22.0 Å². The maximum atomic E-state index is 12.9. The van der Waals surface area contributed by atoms with Crippen molar-refractivity contribution in [3.8, 4) is 5.75 Å². The van der Waals surface area contributed by atoms with E-state index in [2.05, 4.69) is 5.32 Å². The van der Waals surface area contributed by atoms with Crippen LogP contribution in [0.4, 0.5) is 5.69 Å². The lowest BCUT2D eigenvalue weighted by atomic mass is 10.1. The van der Waals surface area contributed by atoms with Gasteiger partial charge in [0, 0.05) is 22.3 Å². The number of carbonyl (C=O) groups is 2. The number of hydrogen-bond acceptors (Lipinski definition) is 4. The molecule has 6 heteroatoms. The summed E-state index contributed by atoms with van der Waals surface area (Å²) in [7, 11) is 1.55. The van der Waals surface area contributed by atoms with Gasteiger partial charge >= 0.3 is 5.97 Å².